The van der Waals surface area contributed by atoms with Crippen molar-refractivity contribution in [3.63, 3.8) is 0 Å². The average Bonchev–Trinajstić information content (AvgIpc) is 2.34. The second kappa shape index (κ2) is 5.21. The summed E-state index contributed by atoms with van der Waals surface area (Å²) in [6.45, 7) is 3.86. The molecule has 0 saturated heterocycles. The first-order valence-electron chi connectivity index (χ1n) is 5.75. The van der Waals surface area contributed by atoms with Crippen LogP contribution >= 0.6 is 11.6 Å². The first-order valence-corrected chi connectivity index (χ1v) is 6.13. The van der Waals surface area contributed by atoms with E-state index in [0.717, 1.165) is 16.9 Å². The molecule has 96 valence electrons. The molecule has 3 nitrogen and oxygen atoms in total. The molecule has 19 heavy (non-hydrogen) atoms. The van der Waals surface area contributed by atoms with Gasteiger partial charge in [-0.3, -0.25) is 0 Å². The van der Waals surface area contributed by atoms with Crippen LogP contribution in [0.15, 0.2) is 30.3 Å². The number of rotatable bonds is 2. The molecule has 0 aliphatic carbocycles. The van der Waals surface area contributed by atoms with Gasteiger partial charge in [0, 0.05) is 11.1 Å². The number of aryl methyl sites for hydroxylation is 2. The maximum absolute atomic E-state index is 8.83. The quantitative estimate of drug-likeness (QED) is 0.834. The number of anilines is 1. The fraction of sp³-hybridized carbons (Fsp3) is 0.133. The highest BCUT2D eigenvalue weighted by Gasteiger charge is 2.08. The third kappa shape index (κ3) is 2.81. The smallest absolute Gasteiger partial charge is 0.133 e. The van der Waals surface area contributed by atoms with Crippen molar-refractivity contribution in [2.75, 3.05) is 5.73 Å². The van der Waals surface area contributed by atoms with Crippen LogP contribution in [0, 0.1) is 25.2 Å². The number of nitriles is 1. The molecule has 0 heterocycles. The van der Waals surface area contributed by atoms with Crippen molar-refractivity contribution < 1.29 is 4.74 Å². The summed E-state index contributed by atoms with van der Waals surface area (Å²) in [6.07, 6.45) is 0. The molecule has 0 aliphatic rings. The van der Waals surface area contributed by atoms with E-state index in [2.05, 4.69) is 0 Å². The number of nitrogens with zero attached hydrogens (tertiary/aromatic N) is 1. The fourth-order valence-electron chi connectivity index (χ4n) is 1.88. The molecule has 2 rings (SSSR count). The van der Waals surface area contributed by atoms with Crippen LogP contribution in [-0.4, -0.2) is 0 Å². The molecule has 0 unspecified atom stereocenters. The highest BCUT2D eigenvalue weighted by molar-refractivity contribution is 6.30. The zero-order valence-corrected chi connectivity index (χ0v) is 11.5. The molecule has 0 fully saturated rings. The largest absolute Gasteiger partial charge is 0.457 e. The van der Waals surface area contributed by atoms with E-state index in [4.69, 9.17) is 27.3 Å². The van der Waals surface area contributed by atoms with Gasteiger partial charge in [0.25, 0.3) is 0 Å². The molecule has 2 aromatic rings. The average molecular weight is 273 g/mol. The highest BCUT2D eigenvalue weighted by Crippen LogP contribution is 2.32. The zero-order chi connectivity index (χ0) is 14.0. The van der Waals surface area contributed by atoms with Crippen molar-refractivity contribution in [1.29, 1.82) is 5.26 Å². The molecule has 0 saturated carbocycles. The maximum Gasteiger partial charge on any atom is 0.133 e. The van der Waals surface area contributed by atoms with Gasteiger partial charge in [-0.15, -0.1) is 0 Å². The third-order valence-electron chi connectivity index (χ3n) is 2.79. The lowest BCUT2D eigenvalue weighted by molar-refractivity contribution is 0.475. The molecule has 0 amide bonds. The molecular weight excluding hydrogens is 260 g/mol. The lowest BCUT2D eigenvalue weighted by Crippen LogP contribution is -1.94. The summed E-state index contributed by atoms with van der Waals surface area (Å²) in [4.78, 5) is 0. The molecule has 0 spiro atoms. The van der Waals surface area contributed by atoms with Gasteiger partial charge in [-0.2, -0.15) is 5.26 Å². The molecule has 0 radical (unpaired) electrons. The van der Waals surface area contributed by atoms with Crippen LogP contribution in [0.2, 0.25) is 5.02 Å². The molecule has 2 N–H and O–H groups in total. The molecule has 0 aliphatic heterocycles. The summed E-state index contributed by atoms with van der Waals surface area (Å²) in [5.41, 5.74) is 8.51. The van der Waals surface area contributed by atoms with Gasteiger partial charge in [0.2, 0.25) is 0 Å². The number of hydrogen-bond donors (Lipinski definition) is 1. The van der Waals surface area contributed by atoms with Crippen molar-refractivity contribution in [3.8, 4) is 17.6 Å². The van der Waals surface area contributed by atoms with Gasteiger partial charge in [0.05, 0.1) is 11.3 Å². The van der Waals surface area contributed by atoms with Gasteiger partial charge in [-0.05, 0) is 49.2 Å². The molecule has 0 atom stereocenters. The Morgan fingerprint density at radius 2 is 1.79 bits per heavy atom. The van der Waals surface area contributed by atoms with Gasteiger partial charge in [0.15, 0.2) is 0 Å². The number of nitrogen functional groups attached to an aromatic ring is 1. The number of ether oxygens (including phenoxy) is 1. The minimum Gasteiger partial charge on any atom is -0.457 e. The highest BCUT2D eigenvalue weighted by atomic mass is 35.5. The summed E-state index contributed by atoms with van der Waals surface area (Å²) in [5.74, 6) is 1.36. The Balaban J connectivity index is 2.37. The Hall–Kier alpha value is -2.18. The maximum atomic E-state index is 8.83. The van der Waals surface area contributed by atoms with Crippen molar-refractivity contribution >= 4 is 17.3 Å². The van der Waals surface area contributed by atoms with Crippen LogP contribution in [0.1, 0.15) is 16.7 Å². The van der Waals surface area contributed by atoms with Gasteiger partial charge in [0.1, 0.15) is 17.6 Å². The molecule has 4 heteroatoms. The topological polar surface area (TPSA) is 59.0 Å². The monoisotopic (exact) mass is 272 g/mol. The Morgan fingerprint density at radius 3 is 2.32 bits per heavy atom. The van der Waals surface area contributed by atoms with E-state index >= 15 is 0 Å². The van der Waals surface area contributed by atoms with E-state index in [1.54, 1.807) is 18.2 Å². The Bertz CT molecular complexity index is 651. The predicted octanol–water partition coefficient (Wildman–Crippen LogP) is 4.20. The van der Waals surface area contributed by atoms with Crippen molar-refractivity contribution in [1.82, 2.24) is 0 Å². The Kier molecular flexibility index (Phi) is 3.64. The van der Waals surface area contributed by atoms with E-state index < -0.39 is 0 Å². The first kappa shape index (κ1) is 13.3. The predicted molar refractivity (Wildman–Crippen MR) is 76.6 cm³/mol. The second-order valence-corrected chi connectivity index (χ2v) is 4.77. The van der Waals surface area contributed by atoms with Crippen molar-refractivity contribution in [2.24, 2.45) is 0 Å². The van der Waals surface area contributed by atoms with E-state index in [9.17, 15) is 0 Å². The summed E-state index contributed by atoms with van der Waals surface area (Å²) in [5, 5.41) is 9.51. The first-order chi connectivity index (χ1) is 9.01. The normalized spacial score (nSPS) is 10.0. The zero-order valence-electron chi connectivity index (χ0n) is 10.7. The van der Waals surface area contributed by atoms with Gasteiger partial charge < -0.3 is 10.5 Å². The molecule has 0 aromatic heterocycles. The lowest BCUT2D eigenvalue weighted by atomic mass is 10.1. The van der Waals surface area contributed by atoms with Crippen molar-refractivity contribution in [3.05, 3.63) is 52.0 Å². The van der Waals surface area contributed by atoms with Crippen LogP contribution in [0.4, 0.5) is 5.69 Å². The number of nitrogens with two attached hydrogens (primary N) is 1. The minimum atomic E-state index is 0.407. The van der Waals surface area contributed by atoms with Crippen LogP contribution < -0.4 is 10.5 Å². The number of halogens is 1. The van der Waals surface area contributed by atoms with Gasteiger partial charge in [-0.25, -0.2) is 0 Å². The van der Waals surface area contributed by atoms with Crippen LogP contribution in [0.5, 0.6) is 11.5 Å². The minimum absolute atomic E-state index is 0.407. The Labute approximate surface area is 117 Å². The van der Waals surface area contributed by atoms with Crippen LogP contribution in [0.25, 0.3) is 0 Å². The van der Waals surface area contributed by atoms with E-state index in [1.807, 2.05) is 32.0 Å². The lowest BCUT2D eigenvalue weighted by Gasteiger charge is -2.13. The fourth-order valence-corrected chi connectivity index (χ4v) is 2.21. The molecule has 0 bridgehead atoms. The SMILES string of the molecule is Cc1cc(Cl)cc(C)c1Oc1ccc(C#N)c(N)c1. The summed E-state index contributed by atoms with van der Waals surface area (Å²) in [6, 6.07) is 10.7. The second-order valence-electron chi connectivity index (χ2n) is 4.33. The van der Waals surface area contributed by atoms with Crippen molar-refractivity contribution in [2.45, 2.75) is 13.8 Å². The summed E-state index contributed by atoms with van der Waals surface area (Å²) in [7, 11) is 0. The van der Waals surface area contributed by atoms with Crippen LogP contribution in [-0.2, 0) is 0 Å². The number of benzene rings is 2. The molecule has 2 aromatic carbocycles. The van der Waals surface area contributed by atoms with Gasteiger partial charge >= 0.3 is 0 Å². The standard InChI is InChI=1S/C15H13ClN2O/c1-9-5-12(16)6-10(2)15(9)19-13-4-3-11(8-17)14(18)7-13/h3-7H,18H2,1-2H3. The van der Waals surface area contributed by atoms with E-state index in [0.29, 0.717) is 22.0 Å². The van der Waals surface area contributed by atoms with Gasteiger partial charge in [-0.1, -0.05) is 11.6 Å². The number of hydrogen-bond acceptors (Lipinski definition) is 3. The van der Waals surface area contributed by atoms with E-state index in [1.165, 1.54) is 0 Å². The summed E-state index contributed by atoms with van der Waals surface area (Å²) >= 11 is 5.98. The van der Waals surface area contributed by atoms with E-state index in [-0.39, 0.29) is 0 Å². The summed E-state index contributed by atoms with van der Waals surface area (Å²) < 4.78 is 5.83. The molecular formula is C15H13ClN2O. The Morgan fingerprint density at radius 1 is 1.16 bits per heavy atom. The van der Waals surface area contributed by atoms with Crippen LogP contribution in [0.3, 0.4) is 0 Å². The third-order valence-corrected chi connectivity index (χ3v) is 3.01.